The maximum atomic E-state index is 13.2. The maximum absolute atomic E-state index is 13.2. The number of hydrogen-bond donors (Lipinski definition) is 0. The summed E-state index contributed by atoms with van der Waals surface area (Å²) in [5.74, 6) is 0.413. The summed E-state index contributed by atoms with van der Waals surface area (Å²) in [5, 5.41) is 4.45. The van der Waals surface area contributed by atoms with Crippen LogP contribution in [0.4, 0.5) is 19.0 Å². The molecular formula is C23H24F3N5O. The molecule has 0 aliphatic carbocycles. The summed E-state index contributed by atoms with van der Waals surface area (Å²) >= 11 is 0. The van der Waals surface area contributed by atoms with E-state index in [1.54, 1.807) is 11.1 Å². The van der Waals surface area contributed by atoms with Gasteiger partial charge in [0.2, 0.25) is 0 Å². The third-order valence-electron chi connectivity index (χ3n) is 5.66. The van der Waals surface area contributed by atoms with Gasteiger partial charge in [0, 0.05) is 32.4 Å². The van der Waals surface area contributed by atoms with Gasteiger partial charge in [-0.2, -0.15) is 18.3 Å². The lowest BCUT2D eigenvalue weighted by Crippen LogP contribution is -2.49. The summed E-state index contributed by atoms with van der Waals surface area (Å²) in [6.45, 7) is 4.55. The maximum Gasteiger partial charge on any atom is 0.417 e. The molecule has 0 unspecified atom stereocenters. The van der Waals surface area contributed by atoms with E-state index in [2.05, 4.69) is 10.1 Å². The number of hydrogen-bond acceptors (Lipinski definition) is 4. The van der Waals surface area contributed by atoms with E-state index in [1.165, 1.54) is 6.07 Å². The van der Waals surface area contributed by atoms with E-state index in [4.69, 9.17) is 0 Å². The Morgan fingerprint density at radius 1 is 1.00 bits per heavy atom. The number of carbonyl (C=O) groups is 1. The molecule has 0 spiro atoms. The molecule has 2 aromatic heterocycles. The van der Waals surface area contributed by atoms with Gasteiger partial charge >= 0.3 is 6.18 Å². The van der Waals surface area contributed by atoms with Crippen molar-refractivity contribution in [2.75, 3.05) is 31.1 Å². The van der Waals surface area contributed by atoms with Crippen molar-refractivity contribution in [2.45, 2.75) is 26.1 Å². The van der Waals surface area contributed by atoms with Crippen LogP contribution in [0.5, 0.6) is 0 Å². The van der Waals surface area contributed by atoms with Gasteiger partial charge in [-0.05, 0) is 24.1 Å². The number of anilines is 1. The zero-order chi connectivity index (χ0) is 22.7. The van der Waals surface area contributed by atoms with Crippen LogP contribution in [0.15, 0.2) is 54.9 Å². The highest BCUT2D eigenvalue weighted by molar-refractivity contribution is 5.95. The van der Waals surface area contributed by atoms with Gasteiger partial charge in [-0.3, -0.25) is 9.48 Å². The van der Waals surface area contributed by atoms with Crippen molar-refractivity contribution in [3.63, 3.8) is 0 Å². The second-order valence-corrected chi connectivity index (χ2v) is 7.68. The Labute approximate surface area is 184 Å². The highest BCUT2D eigenvalue weighted by atomic mass is 19.4. The van der Waals surface area contributed by atoms with E-state index >= 15 is 0 Å². The second-order valence-electron chi connectivity index (χ2n) is 7.68. The normalized spacial score (nSPS) is 14.6. The van der Waals surface area contributed by atoms with Crippen LogP contribution in [0, 0.1) is 0 Å². The number of nitrogens with zero attached hydrogens (tertiary/aromatic N) is 5. The van der Waals surface area contributed by atoms with Gasteiger partial charge in [0.05, 0.1) is 29.6 Å². The number of amides is 1. The zero-order valence-corrected chi connectivity index (χ0v) is 17.7. The second kappa shape index (κ2) is 9.02. The summed E-state index contributed by atoms with van der Waals surface area (Å²) in [4.78, 5) is 20.8. The number of alkyl halides is 3. The molecule has 0 N–H and O–H groups in total. The van der Waals surface area contributed by atoms with Crippen molar-refractivity contribution in [2.24, 2.45) is 0 Å². The smallest absolute Gasteiger partial charge is 0.353 e. The molecule has 1 amide bonds. The molecule has 1 aliphatic rings. The molecule has 1 aliphatic heterocycles. The first-order valence-electron chi connectivity index (χ1n) is 10.5. The van der Waals surface area contributed by atoms with Crippen LogP contribution in [0.25, 0.3) is 0 Å². The standard InChI is InChI=1S/C23H24F3N5O/c1-2-20-19(15-28-31(20)16-17-6-4-3-5-7-17)22(32)30-12-10-29(11-13-30)21-9-8-18(14-27-21)23(24,25)26/h3-9,14-15H,2,10-13,16H2,1H3. The molecule has 1 aromatic carbocycles. The summed E-state index contributed by atoms with van der Waals surface area (Å²) in [6, 6.07) is 12.4. The number of rotatable bonds is 5. The van der Waals surface area contributed by atoms with Crippen molar-refractivity contribution in [1.82, 2.24) is 19.7 Å². The molecule has 0 radical (unpaired) electrons. The highest BCUT2D eigenvalue weighted by Crippen LogP contribution is 2.29. The SMILES string of the molecule is CCc1c(C(=O)N2CCN(c3ccc(C(F)(F)F)cn3)CC2)cnn1Cc1ccccc1. The average molecular weight is 443 g/mol. The minimum Gasteiger partial charge on any atom is -0.353 e. The number of carbonyl (C=O) groups excluding carboxylic acids is 1. The Morgan fingerprint density at radius 2 is 1.72 bits per heavy atom. The fraction of sp³-hybridized carbons (Fsp3) is 0.348. The molecule has 6 nitrogen and oxygen atoms in total. The first-order chi connectivity index (χ1) is 15.4. The van der Waals surface area contributed by atoms with Crippen LogP contribution < -0.4 is 4.90 Å². The Morgan fingerprint density at radius 3 is 2.31 bits per heavy atom. The topological polar surface area (TPSA) is 54.3 Å². The molecule has 0 atom stereocenters. The first kappa shape index (κ1) is 21.9. The molecule has 4 rings (SSSR count). The predicted octanol–water partition coefficient (Wildman–Crippen LogP) is 3.87. The van der Waals surface area contributed by atoms with Crippen LogP contribution in [0.2, 0.25) is 0 Å². The first-order valence-corrected chi connectivity index (χ1v) is 10.5. The monoisotopic (exact) mass is 443 g/mol. The van der Waals surface area contributed by atoms with Gasteiger partial charge in [0.15, 0.2) is 0 Å². The molecule has 9 heteroatoms. The number of halogens is 3. The van der Waals surface area contributed by atoms with Gasteiger partial charge in [0.1, 0.15) is 5.82 Å². The highest BCUT2D eigenvalue weighted by Gasteiger charge is 2.31. The molecule has 168 valence electrons. The molecule has 1 saturated heterocycles. The van der Waals surface area contributed by atoms with Crippen molar-refractivity contribution in [3.05, 3.63) is 77.2 Å². The Kier molecular flexibility index (Phi) is 6.16. The van der Waals surface area contributed by atoms with E-state index in [9.17, 15) is 18.0 Å². The quantitative estimate of drug-likeness (QED) is 0.601. The van der Waals surface area contributed by atoms with E-state index in [1.807, 2.05) is 46.8 Å². The molecule has 1 fully saturated rings. The van der Waals surface area contributed by atoms with Crippen LogP contribution >= 0.6 is 0 Å². The molecular weight excluding hydrogens is 419 g/mol. The number of aromatic nitrogens is 3. The largest absolute Gasteiger partial charge is 0.417 e. The molecule has 3 aromatic rings. The van der Waals surface area contributed by atoms with Gasteiger partial charge in [0.25, 0.3) is 5.91 Å². The van der Waals surface area contributed by atoms with Crippen molar-refractivity contribution < 1.29 is 18.0 Å². The molecule has 0 bridgehead atoms. The van der Waals surface area contributed by atoms with E-state index < -0.39 is 11.7 Å². The molecule has 32 heavy (non-hydrogen) atoms. The van der Waals surface area contributed by atoms with Crippen LogP contribution in [0.3, 0.4) is 0 Å². The minimum absolute atomic E-state index is 0.0683. The Hall–Kier alpha value is -3.36. The van der Waals surface area contributed by atoms with E-state index in [0.29, 0.717) is 50.5 Å². The van der Waals surface area contributed by atoms with Gasteiger partial charge in [-0.25, -0.2) is 4.98 Å². The number of piperazine rings is 1. The molecule has 0 saturated carbocycles. The van der Waals surface area contributed by atoms with Crippen molar-refractivity contribution in [1.29, 1.82) is 0 Å². The van der Waals surface area contributed by atoms with Gasteiger partial charge in [-0.15, -0.1) is 0 Å². The number of benzene rings is 1. The summed E-state index contributed by atoms with van der Waals surface area (Å²) in [5.41, 5.74) is 1.84. The fourth-order valence-electron chi connectivity index (χ4n) is 3.90. The average Bonchev–Trinajstić information content (AvgIpc) is 3.21. The summed E-state index contributed by atoms with van der Waals surface area (Å²) < 4.78 is 40.1. The third-order valence-corrected chi connectivity index (χ3v) is 5.66. The lowest BCUT2D eigenvalue weighted by molar-refractivity contribution is -0.137. The lowest BCUT2D eigenvalue weighted by Gasteiger charge is -2.35. The van der Waals surface area contributed by atoms with E-state index in [-0.39, 0.29) is 5.91 Å². The summed E-state index contributed by atoms with van der Waals surface area (Å²) in [6.07, 6.45) is -1.24. The van der Waals surface area contributed by atoms with Crippen molar-refractivity contribution in [3.8, 4) is 0 Å². The summed E-state index contributed by atoms with van der Waals surface area (Å²) in [7, 11) is 0. The van der Waals surface area contributed by atoms with Gasteiger partial charge in [-0.1, -0.05) is 37.3 Å². The fourth-order valence-corrected chi connectivity index (χ4v) is 3.90. The van der Waals surface area contributed by atoms with Crippen LogP contribution in [-0.2, 0) is 19.1 Å². The predicted molar refractivity (Wildman–Crippen MR) is 115 cm³/mol. The Bertz CT molecular complexity index is 1060. The zero-order valence-electron chi connectivity index (χ0n) is 17.7. The number of pyridine rings is 1. The third kappa shape index (κ3) is 4.61. The van der Waals surface area contributed by atoms with Crippen LogP contribution in [0.1, 0.15) is 34.1 Å². The van der Waals surface area contributed by atoms with Gasteiger partial charge < -0.3 is 9.80 Å². The lowest BCUT2D eigenvalue weighted by atomic mass is 10.1. The Balaban J connectivity index is 1.41. The molecule has 3 heterocycles. The van der Waals surface area contributed by atoms with Crippen molar-refractivity contribution >= 4 is 11.7 Å². The minimum atomic E-state index is -4.40. The van der Waals surface area contributed by atoms with E-state index in [0.717, 1.165) is 23.5 Å². The van der Waals surface area contributed by atoms with Crippen LogP contribution in [-0.4, -0.2) is 51.8 Å².